The first-order chi connectivity index (χ1) is 8.45. The Hall–Kier alpha value is -0.920. The van der Waals surface area contributed by atoms with E-state index < -0.39 is 10.0 Å². The van der Waals surface area contributed by atoms with Crippen LogP contribution in [-0.4, -0.2) is 41.4 Å². The Labute approximate surface area is 108 Å². The Kier molecular flexibility index (Phi) is 3.74. The second kappa shape index (κ2) is 4.99. The average Bonchev–Trinajstić information content (AvgIpc) is 2.81. The molecule has 7 heteroatoms. The normalized spacial score (nSPS) is 26.4. The molecule has 1 aromatic heterocycles. The molecular formula is C11H20N4O2S. The lowest BCUT2D eigenvalue weighted by Gasteiger charge is -2.33. The van der Waals surface area contributed by atoms with Gasteiger partial charge in [0.1, 0.15) is 0 Å². The van der Waals surface area contributed by atoms with E-state index in [9.17, 15) is 8.42 Å². The molecular weight excluding hydrogens is 252 g/mol. The van der Waals surface area contributed by atoms with Crippen LogP contribution < -0.4 is 5.73 Å². The maximum absolute atomic E-state index is 12.4. The van der Waals surface area contributed by atoms with Gasteiger partial charge in [-0.05, 0) is 19.3 Å². The van der Waals surface area contributed by atoms with Crippen molar-refractivity contribution in [2.24, 2.45) is 11.7 Å². The first-order valence-corrected chi connectivity index (χ1v) is 7.66. The number of aromatic nitrogens is 2. The van der Waals surface area contributed by atoms with E-state index in [0.717, 1.165) is 6.42 Å². The van der Waals surface area contributed by atoms with E-state index in [1.807, 2.05) is 6.92 Å². The van der Waals surface area contributed by atoms with Crippen LogP contribution in [0.2, 0.25) is 0 Å². The molecule has 1 saturated heterocycles. The zero-order valence-electron chi connectivity index (χ0n) is 10.8. The molecule has 0 aromatic carbocycles. The van der Waals surface area contributed by atoms with E-state index in [-0.39, 0.29) is 11.1 Å². The van der Waals surface area contributed by atoms with E-state index in [4.69, 9.17) is 5.73 Å². The van der Waals surface area contributed by atoms with Gasteiger partial charge in [0.15, 0.2) is 5.03 Å². The van der Waals surface area contributed by atoms with Gasteiger partial charge in [0.05, 0.1) is 6.33 Å². The van der Waals surface area contributed by atoms with Gasteiger partial charge >= 0.3 is 0 Å². The molecule has 18 heavy (non-hydrogen) atoms. The maximum Gasteiger partial charge on any atom is 0.262 e. The van der Waals surface area contributed by atoms with Crippen LogP contribution in [0.4, 0.5) is 0 Å². The third-order valence-electron chi connectivity index (χ3n) is 3.56. The van der Waals surface area contributed by atoms with E-state index in [2.05, 4.69) is 11.9 Å². The van der Waals surface area contributed by atoms with Gasteiger partial charge in [0.2, 0.25) is 0 Å². The second-order valence-corrected chi connectivity index (χ2v) is 6.72. The fourth-order valence-electron chi connectivity index (χ4n) is 2.06. The number of imidazole rings is 1. The minimum absolute atomic E-state index is 0.0956. The lowest BCUT2D eigenvalue weighted by atomic mass is 9.96. The van der Waals surface area contributed by atoms with Crippen molar-refractivity contribution in [1.82, 2.24) is 13.9 Å². The molecule has 2 unspecified atom stereocenters. The monoisotopic (exact) mass is 272 g/mol. The Morgan fingerprint density at radius 1 is 1.56 bits per heavy atom. The molecule has 0 spiro atoms. The molecule has 1 aliphatic heterocycles. The summed E-state index contributed by atoms with van der Waals surface area (Å²) in [5.41, 5.74) is 5.94. The van der Waals surface area contributed by atoms with Crippen LogP contribution in [0.3, 0.4) is 0 Å². The van der Waals surface area contributed by atoms with Crippen LogP contribution >= 0.6 is 0 Å². The molecule has 102 valence electrons. The summed E-state index contributed by atoms with van der Waals surface area (Å²) in [6, 6.07) is -0.0956. The number of hydrogen-bond acceptors (Lipinski definition) is 4. The molecule has 2 rings (SSSR count). The van der Waals surface area contributed by atoms with Crippen LogP contribution in [0.5, 0.6) is 0 Å². The molecule has 6 nitrogen and oxygen atoms in total. The number of hydrogen-bond donors (Lipinski definition) is 1. The number of sulfonamides is 1. The topological polar surface area (TPSA) is 81.2 Å². The van der Waals surface area contributed by atoms with Crippen LogP contribution in [0.1, 0.15) is 20.3 Å². The van der Waals surface area contributed by atoms with Gasteiger partial charge < -0.3 is 10.3 Å². The summed E-state index contributed by atoms with van der Waals surface area (Å²) >= 11 is 0. The Balaban J connectivity index is 2.21. The Morgan fingerprint density at radius 3 is 2.83 bits per heavy atom. The molecule has 2 atom stereocenters. The van der Waals surface area contributed by atoms with Crippen molar-refractivity contribution in [3.63, 3.8) is 0 Å². The zero-order valence-corrected chi connectivity index (χ0v) is 11.6. The standard InChI is InChI=1S/C11H20N4O2S/c1-3-14-7-11(13-8-14)18(16,17)15-5-4-9(2)10(12)6-15/h7-10H,3-6,12H2,1-2H3. The summed E-state index contributed by atoms with van der Waals surface area (Å²) in [6.45, 7) is 5.61. The fraction of sp³-hybridized carbons (Fsp3) is 0.727. The lowest BCUT2D eigenvalue weighted by Crippen LogP contribution is -2.49. The second-order valence-electron chi connectivity index (χ2n) is 4.84. The predicted molar refractivity (Wildman–Crippen MR) is 68.4 cm³/mol. The van der Waals surface area contributed by atoms with Crippen molar-refractivity contribution < 1.29 is 8.42 Å². The summed E-state index contributed by atoms with van der Waals surface area (Å²) < 4.78 is 27.9. The minimum Gasteiger partial charge on any atom is -0.336 e. The van der Waals surface area contributed by atoms with E-state index in [1.54, 1.807) is 17.1 Å². The third-order valence-corrected chi connectivity index (χ3v) is 5.31. The molecule has 1 aliphatic rings. The zero-order chi connectivity index (χ0) is 13.3. The highest BCUT2D eigenvalue weighted by Gasteiger charge is 2.33. The minimum atomic E-state index is -3.49. The molecule has 1 aromatic rings. The molecule has 0 aliphatic carbocycles. The van der Waals surface area contributed by atoms with Crippen molar-refractivity contribution in [2.45, 2.75) is 37.9 Å². The third kappa shape index (κ3) is 2.43. The van der Waals surface area contributed by atoms with E-state index in [1.165, 1.54) is 4.31 Å². The predicted octanol–water partition coefficient (Wildman–Crippen LogP) is 0.261. The van der Waals surface area contributed by atoms with Gasteiger partial charge in [-0.25, -0.2) is 13.4 Å². The average molecular weight is 272 g/mol. The van der Waals surface area contributed by atoms with Crippen LogP contribution in [0, 0.1) is 5.92 Å². The number of aryl methyl sites for hydroxylation is 1. The van der Waals surface area contributed by atoms with Crippen LogP contribution in [-0.2, 0) is 16.6 Å². The van der Waals surface area contributed by atoms with Crippen molar-refractivity contribution in [2.75, 3.05) is 13.1 Å². The Morgan fingerprint density at radius 2 is 2.28 bits per heavy atom. The van der Waals surface area contributed by atoms with Crippen LogP contribution in [0.15, 0.2) is 17.6 Å². The maximum atomic E-state index is 12.4. The Bertz CT molecular complexity index is 511. The van der Waals surface area contributed by atoms with Crippen molar-refractivity contribution in [3.8, 4) is 0 Å². The van der Waals surface area contributed by atoms with Gasteiger partial charge in [0, 0.05) is 31.9 Å². The fourth-order valence-corrected chi connectivity index (χ4v) is 3.49. The van der Waals surface area contributed by atoms with Crippen LogP contribution in [0.25, 0.3) is 0 Å². The number of nitrogens with zero attached hydrogens (tertiary/aromatic N) is 3. The van der Waals surface area contributed by atoms with Gasteiger partial charge in [-0.3, -0.25) is 0 Å². The van der Waals surface area contributed by atoms with Crippen molar-refractivity contribution >= 4 is 10.0 Å². The number of nitrogens with two attached hydrogens (primary N) is 1. The smallest absolute Gasteiger partial charge is 0.262 e. The van der Waals surface area contributed by atoms with Gasteiger partial charge in [-0.2, -0.15) is 4.31 Å². The summed E-state index contributed by atoms with van der Waals surface area (Å²) in [5, 5.41) is 0.117. The van der Waals surface area contributed by atoms with Gasteiger partial charge in [-0.15, -0.1) is 0 Å². The molecule has 2 heterocycles. The molecule has 0 saturated carbocycles. The van der Waals surface area contributed by atoms with E-state index >= 15 is 0 Å². The molecule has 0 radical (unpaired) electrons. The molecule has 0 amide bonds. The quantitative estimate of drug-likeness (QED) is 0.856. The number of rotatable bonds is 3. The first kappa shape index (κ1) is 13.5. The van der Waals surface area contributed by atoms with Gasteiger partial charge in [-0.1, -0.05) is 6.92 Å². The first-order valence-electron chi connectivity index (χ1n) is 6.22. The molecule has 0 bridgehead atoms. The van der Waals surface area contributed by atoms with Crippen molar-refractivity contribution in [3.05, 3.63) is 12.5 Å². The largest absolute Gasteiger partial charge is 0.336 e. The molecule has 2 N–H and O–H groups in total. The molecule has 1 fully saturated rings. The number of piperidine rings is 1. The lowest BCUT2D eigenvalue weighted by molar-refractivity contribution is 0.252. The highest BCUT2D eigenvalue weighted by atomic mass is 32.2. The van der Waals surface area contributed by atoms with Crippen molar-refractivity contribution in [1.29, 1.82) is 0 Å². The highest BCUT2D eigenvalue weighted by molar-refractivity contribution is 7.89. The summed E-state index contributed by atoms with van der Waals surface area (Å²) in [5.74, 6) is 0.365. The van der Waals surface area contributed by atoms with Gasteiger partial charge in [0.25, 0.3) is 10.0 Å². The summed E-state index contributed by atoms with van der Waals surface area (Å²) in [7, 11) is -3.49. The summed E-state index contributed by atoms with van der Waals surface area (Å²) in [4.78, 5) is 3.97. The SMILES string of the molecule is CCn1cnc(S(=O)(=O)N2CCC(C)C(N)C2)c1. The van der Waals surface area contributed by atoms with E-state index in [0.29, 0.717) is 25.6 Å². The highest BCUT2D eigenvalue weighted by Crippen LogP contribution is 2.21. The summed E-state index contributed by atoms with van der Waals surface area (Å²) in [6.07, 6.45) is 3.91.